The van der Waals surface area contributed by atoms with Crippen LogP contribution in [0.25, 0.3) is 0 Å². The van der Waals surface area contributed by atoms with Crippen LogP contribution in [0, 0.1) is 0 Å². The minimum absolute atomic E-state index is 0.286. The van der Waals surface area contributed by atoms with Gasteiger partial charge < -0.3 is 20.5 Å². The van der Waals surface area contributed by atoms with Gasteiger partial charge in [0, 0.05) is 6.54 Å². The van der Waals surface area contributed by atoms with Crippen molar-refractivity contribution >= 4 is 17.5 Å². The predicted molar refractivity (Wildman–Crippen MR) is 143 cm³/mol. The van der Waals surface area contributed by atoms with Gasteiger partial charge in [-0.2, -0.15) is 4.98 Å². The van der Waals surface area contributed by atoms with Crippen LogP contribution < -0.4 is 15.8 Å². The number of nitrogens with zero attached hydrogens (tertiary/aromatic N) is 2. The normalized spacial score (nSPS) is 10.8. The van der Waals surface area contributed by atoms with Crippen molar-refractivity contribution in [2.45, 2.75) is 96.8 Å². The molecule has 0 radical (unpaired) electrons. The molecule has 35 heavy (non-hydrogen) atoms. The summed E-state index contributed by atoms with van der Waals surface area (Å²) in [6.45, 7) is 3.08. The third kappa shape index (κ3) is 11.4. The van der Waals surface area contributed by atoms with Crippen LogP contribution in [0.3, 0.4) is 0 Å². The summed E-state index contributed by atoms with van der Waals surface area (Å²) in [6, 6.07) is 6.62. The average Bonchev–Trinajstić information content (AvgIpc) is 2.88. The molecule has 0 saturated carbocycles. The number of carbonyl (C=O) groups excluding carboxylic acids is 1. The molecule has 0 atom stereocenters. The third-order valence-electron chi connectivity index (χ3n) is 6.16. The SMILES string of the molecule is CCCCCCCCCCCCCCCCNc1ncnc(Oc2ccc(C(=O)OC)cc2)c1N. The zero-order valence-electron chi connectivity index (χ0n) is 21.7. The van der Waals surface area contributed by atoms with Gasteiger partial charge in [0.1, 0.15) is 17.8 Å². The van der Waals surface area contributed by atoms with Crippen LogP contribution in [0.4, 0.5) is 11.5 Å². The van der Waals surface area contributed by atoms with E-state index in [4.69, 9.17) is 15.2 Å². The molecule has 3 N–H and O–H groups in total. The molecule has 0 unspecified atom stereocenters. The Bertz CT molecular complexity index is 843. The van der Waals surface area contributed by atoms with Gasteiger partial charge in [-0.3, -0.25) is 0 Å². The number of nitrogens with two attached hydrogens (primary N) is 1. The van der Waals surface area contributed by atoms with E-state index in [2.05, 4.69) is 22.2 Å². The first kappa shape index (κ1) is 28.4. The van der Waals surface area contributed by atoms with E-state index in [1.54, 1.807) is 24.3 Å². The molecule has 0 amide bonds. The van der Waals surface area contributed by atoms with Crippen LogP contribution in [-0.2, 0) is 4.74 Å². The van der Waals surface area contributed by atoms with E-state index in [-0.39, 0.29) is 5.88 Å². The van der Waals surface area contributed by atoms with Crippen LogP contribution in [0.1, 0.15) is 107 Å². The summed E-state index contributed by atoms with van der Waals surface area (Å²) in [5, 5.41) is 3.30. The van der Waals surface area contributed by atoms with Crippen molar-refractivity contribution in [1.82, 2.24) is 9.97 Å². The maximum atomic E-state index is 11.6. The molecule has 2 aromatic rings. The number of hydrogen-bond acceptors (Lipinski definition) is 7. The number of anilines is 2. The van der Waals surface area contributed by atoms with E-state index >= 15 is 0 Å². The molecule has 2 rings (SSSR count). The van der Waals surface area contributed by atoms with E-state index in [0.717, 1.165) is 13.0 Å². The Morgan fingerprint density at radius 3 is 1.91 bits per heavy atom. The van der Waals surface area contributed by atoms with E-state index in [1.165, 1.54) is 96.9 Å². The highest BCUT2D eigenvalue weighted by atomic mass is 16.5. The second-order valence-electron chi connectivity index (χ2n) is 9.08. The average molecular weight is 485 g/mol. The molecule has 1 heterocycles. The lowest BCUT2D eigenvalue weighted by Gasteiger charge is -2.12. The molecular formula is C28H44N4O3. The Labute approximate surface area is 211 Å². The number of rotatable bonds is 19. The summed E-state index contributed by atoms with van der Waals surface area (Å²) in [5.74, 6) is 0.999. The molecular weight excluding hydrogens is 440 g/mol. The van der Waals surface area contributed by atoms with Crippen LogP contribution in [0.5, 0.6) is 11.6 Å². The highest BCUT2D eigenvalue weighted by molar-refractivity contribution is 5.89. The highest BCUT2D eigenvalue weighted by Gasteiger charge is 2.11. The summed E-state index contributed by atoms with van der Waals surface area (Å²) in [5.41, 5.74) is 7.03. The monoisotopic (exact) mass is 484 g/mol. The van der Waals surface area contributed by atoms with Crippen LogP contribution >= 0.6 is 0 Å². The molecule has 1 aromatic carbocycles. The smallest absolute Gasteiger partial charge is 0.337 e. The fraction of sp³-hybridized carbons (Fsp3) is 0.607. The van der Waals surface area contributed by atoms with E-state index in [1.807, 2.05) is 0 Å². The lowest BCUT2D eigenvalue weighted by Crippen LogP contribution is -2.08. The molecule has 7 heteroatoms. The molecule has 0 fully saturated rings. The summed E-state index contributed by atoms with van der Waals surface area (Å²) < 4.78 is 10.5. The lowest BCUT2D eigenvalue weighted by atomic mass is 10.0. The summed E-state index contributed by atoms with van der Waals surface area (Å²) in [7, 11) is 1.35. The number of unbranched alkanes of at least 4 members (excludes halogenated alkanes) is 13. The first-order chi connectivity index (χ1) is 17.2. The largest absolute Gasteiger partial charge is 0.465 e. The Balaban J connectivity index is 1.56. The number of methoxy groups -OCH3 is 1. The van der Waals surface area contributed by atoms with Crippen LogP contribution in [-0.4, -0.2) is 29.6 Å². The number of esters is 1. The molecule has 194 valence electrons. The van der Waals surface area contributed by atoms with Crippen molar-refractivity contribution in [3.8, 4) is 11.6 Å². The summed E-state index contributed by atoms with van der Waals surface area (Å²) >= 11 is 0. The molecule has 7 nitrogen and oxygen atoms in total. The zero-order chi connectivity index (χ0) is 25.1. The van der Waals surface area contributed by atoms with Gasteiger partial charge in [-0.1, -0.05) is 90.4 Å². The number of nitrogens with one attached hydrogen (secondary N) is 1. The maximum Gasteiger partial charge on any atom is 0.337 e. The molecule has 0 aliphatic rings. The number of carbonyl (C=O) groups is 1. The maximum absolute atomic E-state index is 11.6. The number of aromatic nitrogens is 2. The van der Waals surface area contributed by atoms with Gasteiger partial charge in [0.05, 0.1) is 12.7 Å². The Morgan fingerprint density at radius 1 is 0.829 bits per heavy atom. The summed E-state index contributed by atoms with van der Waals surface area (Å²) in [4.78, 5) is 19.9. The van der Waals surface area contributed by atoms with Crippen molar-refractivity contribution in [3.63, 3.8) is 0 Å². The molecule has 0 aliphatic heterocycles. The highest BCUT2D eigenvalue weighted by Crippen LogP contribution is 2.29. The number of benzene rings is 1. The van der Waals surface area contributed by atoms with Gasteiger partial charge >= 0.3 is 5.97 Å². The fourth-order valence-electron chi connectivity index (χ4n) is 4.02. The topological polar surface area (TPSA) is 99.4 Å². The fourth-order valence-corrected chi connectivity index (χ4v) is 4.02. The van der Waals surface area contributed by atoms with Crippen LogP contribution in [0.2, 0.25) is 0 Å². The van der Waals surface area contributed by atoms with Crippen molar-refractivity contribution in [2.75, 3.05) is 24.7 Å². The van der Waals surface area contributed by atoms with Gasteiger partial charge in [0.15, 0.2) is 5.82 Å². The van der Waals surface area contributed by atoms with Crippen molar-refractivity contribution < 1.29 is 14.3 Å². The molecule has 0 aliphatic carbocycles. The Kier molecular flexibility index (Phi) is 14.3. The van der Waals surface area contributed by atoms with Gasteiger partial charge in [0.2, 0.25) is 5.88 Å². The number of ether oxygens (including phenoxy) is 2. The minimum atomic E-state index is -0.395. The number of hydrogen-bond donors (Lipinski definition) is 2. The zero-order valence-corrected chi connectivity index (χ0v) is 21.7. The number of nitrogen functional groups attached to an aromatic ring is 1. The molecule has 0 spiro atoms. The van der Waals surface area contributed by atoms with Gasteiger partial charge in [-0.05, 0) is 30.7 Å². The third-order valence-corrected chi connectivity index (χ3v) is 6.16. The van der Waals surface area contributed by atoms with Gasteiger partial charge in [0.25, 0.3) is 0 Å². The van der Waals surface area contributed by atoms with Crippen LogP contribution in [0.15, 0.2) is 30.6 Å². The van der Waals surface area contributed by atoms with Crippen molar-refractivity contribution in [3.05, 3.63) is 36.2 Å². The standard InChI is InChI=1S/C28H44N4O3/c1-3-4-5-6-7-8-9-10-11-12-13-14-15-16-21-30-26-25(29)27(32-22-31-26)35-24-19-17-23(18-20-24)28(33)34-2/h17-20,22H,3-16,21,29H2,1-2H3,(H,30,31,32). The first-order valence-corrected chi connectivity index (χ1v) is 13.4. The summed E-state index contributed by atoms with van der Waals surface area (Å²) in [6.07, 6.45) is 20.2. The second kappa shape index (κ2) is 17.6. The quantitative estimate of drug-likeness (QED) is 0.157. The molecule has 0 saturated heterocycles. The second-order valence-corrected chi connectivity index (χ2v) is 9.08. The predicted octanol–water partition coefficient (Wildman–Crippen LogP) is 7.53. The van der Waals surface area contributed by atoms with E-state index in [0.29, 0.717) is 22.8 Å². The van der Waals surface area contributed by atoms with Crippen molar-refractivity contribution in [1.29, 1.82) is 0 Å². The lowest BCUT2D eigenvalue weighted by molar-refractivity contribution is 0.0600. The minimum Gasteiger partial charge on any atom is -0.465 e. The van der Waals surface area contributed by atoms with Crippen molar-refractivity contribution in [2.24, 2.45) is 0 Å². The molecule has 0 bridgehead atoms. The van der Waals surface area contributed by atoms with Gasteiger partial charge in [-0.25, -0.2) is 9.78 Å². The Hall–Kier alpha value is -2.83. The first-order valence-electron chi connectivity index (χ1n) is 13.4. The van der Waals surface area contributed by atoms with E-state index < -0.39 is 5.97 Å². The Morgan fingerprint density at radius 2 is 1.37 bits per heavy atom. The van der Waals surface area contributed by atoms with Gasteiger partial charge in [-0.15, -0.1) is 0 Å². The molecule has 1 aromatic heterocycles. The van der Waals surface area contributed by atoms with E-state index in [9.17, 15) is 4.79 Å².